The third-order valence-corrected chi connectivity index (χ3v) is 4.17. The van der Waals surface area contributed by atoms with E-state index in [1.54, 1.807) is 12.1 Å². The number of amides is 2. The molecule has 1 fully saturated rings. The molecule has 0 bridgehead atoms. The molecule has 130 valence electrons. The molecule has 2 amide bonds. The number of hydrogen-bond donors (Lipinski definition) is 5. The molecule has 0 aliphatic heterocycles. The first-order valence-corrected chi connectivity index (χ1v) is 7.89. The second-order valence-electron chi connectivity index (χ2n) is 6.13. The number of carbonyl (C=O) groups is 2. The van der Waals surface area contributed by atoms with E-state index in [-0.39, 0.29) is 29.7 Å². The van der Waals surface area contributed by atoms with Gasteiger partial charge in [-0.15, -0.1) is 0 Å². The molecular formula is C16H24N6O2. The van der Waals surface area contributed by atoms with Crippen LogP contribution in [0.1, 0.15) is 24.8 Å². The molecular weight excluding hydrogens is 308 g/mol. The molecule has 0 saturated heterocycles. The van der Waals surface area contributed by atoms with Gasteiger partial charge in [-0.2, -0.15) is 0 Å². The Balaban J connectivity index is 1.85. The van der Waals surface area contributed by atoms with Gasteiger partial charge in [0.05, 0.1) is 11.7 Å². The van der Waals surface area contributed by atoms with Crippen LogP contribution in [-0.2, 0) is 16.0 Å². The van der Waals surface area contributed by atoms with Crippen molar-refractivity contribution < 1.29 is 9.59 Å². The number of rotatable bonds is 6. The molecule has 1 aliphatic carbocycles. The number of benzene rings is 1. The van der Waals surface area contributed by atoms with Crippen molar-refractivity contribution in [2.75, 3.05) is 0 Å². The molecule has 2 rings (SSSR count). The van der Waals surface area contributed by atoms with E-state index in [2.05, 4.69) is 10.3 Å². The minimum Gasteiger partial charge on any atom is -0.370 e. The van der Waals surface area contributed by atoms with Crippen LogP contribution in [0.4, 0.5) is 5.69 Å². The van der Waals surface area contributed by atoms with Gasteiger partial charge in [-0.3, -0.25) is 9.59 Å². The lowest BCUT2D eigenvalue weighted by molar-refractivity contribution is -0.124. The van der Waals surface area contributed by atoms with Gasteiger partial charge in [0.2, 0.25) is 11.8 Å². The Morgan fingerprint density at radius 3 is 2.38 bits per heavy atom. The van der Waals surface area contributed by atoms with Crippen molar-refractivity contribution in [3.63, 3.8) is 0 Å². The minimum absolute atomic E-state index is 0.00958. The summed E-state index contributed by atoms with van der Waals surface area (Å²) in [5, 5.41) is 2.89. The highest BCUT2D eigenvalue weighted by molar-refractivity contribution is 5.82. The average Bonchev–Trinajstić information content (AvgIpc) is 2.97. The zero-order valence-corrected chi connectivity index (χ0v) is 13.4. The second-order valence-corrected chi connectivity index (χ2v) is 6.13. The van der Waals surface area contributed by atoms with Crippen LogP contribution in [0.5, 0.6) is 0 Å². The first kappa shape index (κ1) is 17.7. The molecule has 0 radical (unpaired) electrons. The van der Waals surface area contributed by atoms with Gasteiger partial charge < -0.3 is 28.3 Å². The largest absolute Gasteiger partial charge is 0.370 e. The fraction of sp³-hybridized carbons (Fsp3) is 0.438. The van der Waals surface area contributed by atoms with Crippen molar-refractivity contribution in [1.29, 1.82) is 0 Å². The summed E-state index contributed by atoms with van der Waals surface area (Å²) in [6.07, 6.45) is 2.45. The molecule has 1 saturated carbocycles. The number of aliphatic imine (C=N–C) groups is 1. The monoisotopic (exact) mass is 332 g/mol. The van der Waals surface area contributed by atoms with E-state index in [9.17, 15) is 9.59 Å². The van der Waals surface area contributed by atoms with Gasteiger partial charge in [0, 0.05) is 12.0 Å². The predicted molar refractivity (Wildman–Crippen MR) is 92.1 cm³/mol. The molecule has 9 N–H and O–H groups in total. The number of nitrogens with zero attached hydrogens (tertiary/aromatic N) is 1. The maximum Gasteiger partial charge on any atom is 0.237 e. The Labute approximate surface area is 140 Å². The summed E-state index contributed by atoms with van der Waals surface area (Å²) in [6, 6.07) is 6.47. The average molecular weight is 332 g/mol. The van der Waals surface area contributed by atoms with Crippen LogP contribution in [0.15, 0.2) is 29.3 Å². The van der Waals surface area contributed by atoms with Crippen molar-refractivity contribution in [3.05, 3.63) is 29.8 Å². The Bertz CT molecular complexity index is 624. The Kier molecular flexibility index (Phi) is 5.75. The zero-order chi connectivity index (χ0) is 17.7. The molecule has 1 aromatic rings. The van der Waals surface area contributed by atoms with Gasteiger partial charge >= 0.3 is 0 Å². The van der Waals surface area contributed by atoms with Crippen molar-refractivity contribution >= 4 is 23.5 Å². The molecule has 0 heterocycles. The number of hydrogen-bond acceptors (Lipinski definition) is 4. The first-order chi connectivity index (χ1) is 11.3. The quantitative estimate of drug-likeness (QED) is 0.341. The Morgan fingerprint density at radius 2 is 1.83 bits per heavy atom. The SMILES string of the molecule is NC(=O)[C@H]1CC[C@@H](NC(=O)[C@@H](N)Cc2ccc(N=C(N)N)cc2)C1. The van der Waals surface area contributed by atoms with Gasteiger partial charge in [-0.25, -0.2) is 4.99 Å². The smallest absolute Gasteiger partial charge is 0.237 e. The molecule has 24 heavy (non-hydrogen) atoms. The van der Waals surface area contributed by atoms with Crippen LogP contribution in [0.25, 0.3) is 0 Å². The lowest BCUT2D eigenvalue weighted by atomic mass is 10.0. The summed E-state index contributed by atoms with van der Waals surface area (Å²) in [5.41, 5.74) is 23.4. The Morgan fingerprint density at radius 1 is 1.17 bits per heavy atom. The molecule has 1 aliphatic rings. The van der Waals surface area contributed by atoms with Gasteiger partial charge in [-0.1, -0.05) is 12.1 Å². The van der Waals surface area contributed by atoms with Crippen LogP contribution < -0.4 is 28.3 Å². The fourth-order valence-electron chi connectivity index (χ4n) is 2.88. The van der Waals surface area contributed by atoms with Crippen molar-refractivity contribution in [2.24, 2.45) is 33.8 Å². The highest BCUT2D eigenvalue weighted by Gasteiger charge is 2.30. The van der Waals surface area contributed by atoms with Crippen LogP contribution in [0, 0.1) is 5.92 Å². The summed E-state index contributed by atoms with van der Waals surface area (Å²) in [4.78, 5) is 27.3. The van der Waals surface area contributed by atoms with E-state index in [0.717, 1.165) is 12.0 Å². The van der Waals surface area contributed by atoms with E-state index in [1.165, 1.54) is 0 Å². The summed E-state index contributed by atoms with van der Waals surface area (Å²) < 4.78 is 0. The second kappa shape index (κ2) is 7.78. The number of carbonyl (C=O) groups excluding carboxylic acids is 2. The van der Waals surface area contributed by atoms with Crippen molar-refractivity contribution in [2.45, 2.75) is 37.8 Å². The fourth-order valence-corrected chi connectivity index (χ4v) is 2.88. The summed E-state index contributed by atoms with van der Waals surface area (Å²) >= 11 is 0. The highest BCUT2D eigenvalue weighted by Crippen LogP contribution is 2.25. The van der Waals surface area contributed by atoms with E-state index in [4.69, 9.17) is 22.9 Å². The zero-order valence-electron chi connectivity index (χ0n) is 13.4. The Hall–Kier alpha value is -2.61. The summed E-state index contributed by atoms with van der Waals surface area (Å²) in [7, 11) is 0. The van der Waals surface area contributed by atoms with E-state index in [0.29, 0.717) is 24.9 Å². The molecule has 3 atom stereocenters. The first-order valence-electron chi connectivity index (χ1n) is 7.89. The third kappa shape index (κ3) is 4.95. The lowest BCUT2D eigenvalue weighted by Gasteiger charge is -2.17. The van der Waals surface area contributed by atoms with Gasteiger partial charge in [0.25, 0.3) is 0 Å². The minimum atomic E-state index is -0.661. The topological polar surface area (TPSA) is 163 Å². The molecule has 1 aromatic carbocycles. The maximum atomic E-state index is 12.2. The molecule has 0 spiro atoms. The maximum absolute atomic E-state index is 12.2. The van der Waals surface area contributed by atoms with Crippen LogP contribution >= 0.6 is 0 Å². The lowest BCUT2D eigenvalue weighted by Crippen LogP contribution is -2.45. The van der Waals surface area contributed by atoms with Crippen molar-refractivity contribution in [3.8, 4) is 0 Å². The van der Waals surface area contributed by atoms with Crippen molar-refractivity contribution in [1.82, 2.24) is 5.32 Å². The van der Waals surface area contributed by atoms with E-state index in [1.807, 2.05) is 12.1 Å². The number of nitrogens with two attached hydrogens (primary N) is 4. The predicted octanol–water partition coefficient (Wildman–Crippen LogP) is -0.768. The van der Waals surface area contributed by atoms with E-state index >= 15 is 0 Å². The number of primary amides is 1. The van der Waals surface area contributed by atoms with Gasteiger partial charge in [-0.05, 0) is 43.4 Å². The van der Waals surface area contributed by atoms with Gasteiger partial charge in [0.15, 0.2) is 5.96 Å². The standard InChI is InChI=1S/C16H24N6O2/c17-13(7-9-1-4-11(5-2-9)22-16(19)20)15(24)21-12-6-3-10(8-12)14(18)23/h1-2,4-5,10,12-13H,3,6-8,17H2,(H2,18,23)(H,21,24)(H4,19,20,22)/t10-,12+,13-/m0/s1. The molecule has 0 unspecified atom stereocenters. The molecule has 0 aromatic heterocycles. The highest BCUT2D eigenvalue weighted by atomic mass is 16.2. The third-order valence-electron chi connectivity index (χ3n) is 4.17. The molecule has 8 heteroatoms. The number of nitrogens with one attached hydrogen (secondary N) is 1. The summed E-state index contributed by atoms with van der Waals surface area (Å²) in [6.45, 7) is 0. The van der Waals surface area contributed by atoms with Crippen LogP contribution in [0.3, 0.4) is 0 Å². The summed E-state index contributed by atoms with van der Waals surface area (Å²) in [5.74, 6) is -0.699. The van der Waals surface area contributed by atoms with Crippen LogP contribution in [0.2, 0.25) is 0 Å². The normalized spacial score (nSPS) is 21.0. The van der Waals surface area contributed by atoms with E-state index < -0.39 is 6.04 Å². The van der Waals surface area contributed by atoms with Gasteiger partial charge in [0.1, 0.15) is 0 Å². The van der Waals surface area contributed by atoms with Crippen LogP contribution in [-0.4, -0.2) is 29.9 Å². The number of guanidine groups is 1. The molecule has 8 nitrogen and oxygen atoms in total.